The van der Waals surface area contributed by atoms with Crippen LogP contribution in [0, 0.1) is 0 Å². The molecule has 1 rings (SSSR count). The molecular formula is C12H21N3OS. The fourth-order valence-corrected chi connectivity index (χ4v) is 2.43. The van der Waals surface area contributed by atoms with Crippen molar-refractivity contribution in [1.82, 2.24) is 15.3 Å². The van der Waals surface area contributed by atoms with Gasteiger partial charge < -0.3 is 10.4 Å². The predicted molar refractivity (Wildman–Crippen MR) is 71.2 cm³/mol. The molecule has 0 saturated carbocycles. The van der Waals surface area contributed by atoms with Gasteiger partial charge in [-0.3, -0.25) is 0 Å². The van der Waals surface area contributed by atoms with Crippen LogP contribution in [0.1, 0.15) is 26.7 Å². The van der Waals surface area contributed by atoms with Gasteiger partial charge in [0, 0.05) is 11.7 Å². The number of hydrogen-bond acceptors (Lipinski definition) is 5. The number of aromatic nitrogens is 2. The van der Waals surface area contributed by atoms with Gasteiger partial charge in [-0.25, -0.2) is 9.97 Å². The number of rotatable bonds is 8. The van der Waals surface area contributed by atoms with E-state index >= 15 is 0 Å². The summed E-state index contributed by atoms with van der Waals surface area (Å²) in [5.41, 5.74) is -0.152. The van der Waals surface area contributed by atoms with E-state index in [2.05, 4.69) is 29.1 Å². The topological polar surface area (TPSA) is 58.0 Å². The first-order valence-electron chi connectivity index (χ1n) is 5.95. The molecule has 5 heteroatoms. The first-order valence-corrected chi connectivity index (χ1v) is 6.93. The summed E-state index contributed by atoms with van der Waals surface area (Å²) in [6.07, 6.45) is 5.35. The van der Waals surface area contributed by atoms with Gasteiger partial charge in [-0.05, 0) is 38.1 Å². The summed E-state index contributed by atoms with van der Waals surface area (Å²) >= 11 is 1.73. The zero-order valence-corrected chi connectivity index (χ0v) is 11.3. The molecular weight excluding hydrogens is 234 g/mol. The summed E-state index contributed by atoms with van der Waals surface area (Å²) in [7, 11) is 0. The SMILES string of the molecule is CCNC(C)(CO)CCCSc1ccncn1. The lowest BCUT2D eigenvalue weighted by molar-refractivity contribution is 0.167. The van der Waals surface area contributed by atoms with E-state index in [9.17, 15) is 5.11 Å². The molecule has 0 aliphatic carbocycles. The molecule has 1 unspecified atom stereocenters. The number of hydrogen-bond donors (Lipinski definition) is 2. The second kappa shape index (κ2) is 7.63. The number of aliphatic hydroxyl groups is 1. The summed E-state index contributed by atoms with van der Waals surface area (Å²) in [5.74, 6) is 1.01. The Labute approximate surface area is 107 Å². The molecule has 0 saturated heterocycles. The van der Waals surface area contributed by atoms with Gasteiger partial charge in [0.15, 0.2) is 0 Å². The minimum Gasteiger partial charge on any atom is -0.394 e. The Morgan fingerprint density at radius 3 is 2.94 bits per heavy atom. The maximum Gasteiger partial charge on any atom is 0.116 e. The van der Waals surface area contributed by atoms with E-state index in [-0.39, 0.29) is 12.1 Å². The van der Waals surface area contributed by atoms with Crippen LogP contribution in [0.15, 0.2) is 23.6 Å². The van der Waals surface area contributed by atoms with E-state index in [1.165, 1.54) is 0 Å². The Kier molecular flexibility index (Phi) is 6.47. The molecule has 2 N–H and O–H groups in total. The second-order valence-electron chi connectivity index (χ2n) is 4.25. The van der Waals surface area contributed by atoms with Crippen molar-refractivity contribution >= 4 is 11.8 Å². The second-order valence-corrected chi connectivity index (χ2v) is 5.36. The smallest absolute Gasteiger partial charge is 0.116 e. The molecule has 1 atom stereocenters. The molecule has 1 aromatic rings. The number of likely N-dealkylation sites (N-methyl/N-ethyl adjacent to an activating group) is 1. The number of thioether (sulfide) groups is 1. The van der Waals surface area contributed by atoms with E-state index in [4.69, 9.17) is 0 Å². The Morgan fingerprint density at radius 1 is 1.53 bits per heavy atom. The summed E-state index contributed by atoms with van der Waals surface area (Å²) in [6, 6.07) is 1.92. The predicted octanol–water partition coefficient (Wildman–Crippen LogP) is 1.71. The highest BCUT2D eigenvalue weighted by Crippen LogP contribution is 2.18. The van der Waals surface area contributed by atoms with Crippen LogP contribution in [0.25, 0.3) is 0 Å². The van der Waals surface area contributed by atoms with Crippen LogP contribution < -0.4 is 5.32 Å². The van der Waals surface area contributed by atoms with Crippen molar-refractivity contribution in [3.05, 3.63) is 18.6 Å². The van der Waals surface area contributed by atoms with Crippen LogP contribution in [0.2, 0.25) is 0 Å². The van der Waals surface area contributed by atoms with Crippen LogP contribution in [0.4, 0.5) is 0 Å². The normalized spacial score (nSPS) is 14.5. The number of aliphatic hydroxyl groups excluding tert-OH is 1. The third-order valence-electron chi connectivity index (χ3n) is 2.63. The highest BCUT2D eigenvalue weighted by atomic mass is 32.2. The first-order chi connectivity index (χ1) is 8.20. The van der Waals surface area contributed by atoms with Gasteiger partial charge in [-0.2, -0.15) is 0 Å². The lowest BCUT2D eigenvalue weighted by Gasteiger charge is -2.28. The zero-order chi connectivity index (χ0) is 12.6. The molecule has 96 valence electrons. The van der Waals surface area contributed by atoms with Crippen LogP contribution in [0.5, 0.6) is 0 Å². The third-order valence-corrected chi connectivity index (χ3v) is 3.66. The van der Waals surface area contributed by atoms with E-state index in [0.717, 1.165) is 30.2 Å². The molecule has 0 aliphatic rings. The molecule has 4 nitrogen and oxygen atoms in total. The van der Waals surface area contributed by atoms with Crippen molar-refractivity contribution < 1.29 is 5.11 Å². The zero-order valence-electron chi connectivity index (χ0n) is 10.5. The van der Waals surface area contributed by atoms with Crippen LogP contribution >= 0.6 is 11.8 Å². The Morgan fingerprint density at radius 2 is 2.35 bits per heavy atom. The van der Waals surface area contributed by atoms with Gasteiger partial charge in [-0.1, -0.05) is 6.92 Å². The monoisotopic (exact) mass is 255 g/mol. The summed E-state index contributed by atoms with van der Waals surface area (Å²) < 4.78 is 0. The molecule has 0 aliphatic heterocycles. The molecule has 0 aromatic carbocycles. The highest BCUT2D eigenvalue weighted by Gasteiger charge is 2.20. The summed E-state index contributed by atoms with van der Waals surface area (Å²) in [5, 5.41) is 13.7. The average molecular weight is 255 g/mol. The molecule has 17 heavy (non-hydrogen) atoms. The van der Waals surface area contributed by atoms with Crippen molar-refractivity contribution in [1.29, 1.82) is 0 Å². The van der Waals surface area contributed by atoms with E-state index in [1.807, 2.05) is 6.07 Å². The lowest BCUT2D eigenvalue weighted by atomic mass is 9.97. The Balaban J connectivity index is 2.23. The van der Waals surface area contributed by atoms with Crippen LogP contribution in [-0.4, -0.2) is 39.5 Å². The first kappa shape index (κ1) is 14.4. The molecule has 0 bridgehead atoms. The number of nitrogens with zero attached hydrogens (tertiary/aromatic N) is 2. The molecule has 0 amide bonds. The summed E-state index contributed by atoms with van der Waals surface area (Å²) in [6.45, 7) is 5.19. The van der Waals surface area contributed by atoms with Crippen molar-refractivity contribution in [3.63, 3.8) is 0 Å². The van der Waals surface area contributed by atoms with Crippen LogP contribution in [0.3, 0.4) is 0 Å². The quantitative estimate of drug-likeness (QED) is 0.421. The van der Waals surface area contributed by atoms with Gasteiger partial charge in [0.1, 0.15) is 6.33 Å². The van der Waals surface area contributed by atoms with Crippen molar-refractivity contribution in [2.24, 2.45) is 0 Å². The van der Waals surface area contributed by atoms with Crippen molar-refractivity contribution in [2.75, 3.05) is 18.9 Å². The van der Waals surface area contributed by atoms with Crippen molar-refractivity contribution in [3.8, 4) is 0 Å². The maximum absolute atomic E-state index is 9.34. The molecule has 1 heterocycles. The van der Waals surface area contributed by atoms with Gasteiger partial charge in [0.2, 0.25) is 0 Å². The minimum atomic E-state index is -0.152. The number of nitrogens with one attached hydrogen (secondary N) is 1. The molecule has 0 radical (unpaired) electrons. The third kappa shape index (κ3) is 5.48. The minimum absolute atomic E-state index is 0.152. The van der Waals surface area contributed by atoms with Gasteiger partial charge in [-0.15, -0.1) is 11.8 Å². The molecule has 0 spiro atoms. The van der Waals surface area contributed by atoms with Crippen molar-refractivity contribution in [2.45, 2.75) is 37.3 Å². The van der Waals surface area contributed by atoms with Gasteiger partial charge in [0.05, 0.1) is 11.6 Å². The van der Waals surface area contributed by atoms with Crippen LogP contribution in [-0.2, 0) is 0 Å². The van der Waals surface area contributed by atoms with Gasteiger partial charge >= 0.3 is 0 Å². The molecule has 1 aromatic heterocycles. The highest BCUT2D eigenvalue weighted by molar-refractivity contribution is 7.99. The standard InChI is InChI=1S/C12H21N3OS/c1-3-15-12(2,9-16)6-4-8-17-11-5-7-13-10-14-11/h5,7,10,15-16H,3-4,6,8-9H2,1-2H3. The van der Waals surface area contributed by atoms with Gasteiger partial charge in [0.25, 0.3) is 0 Å². The maximum atomic E-state index is 9.34. The average Bonchev–Trinajstić information content (AvgIpc) is 2.36. The lowest BCUT2D eigenvalue weighted by Crippen LogP contribution is -2.45. The summed E-state index contributed by atoms with van der Waals surface area (Å²) in [4.78, 5) is 8.04. The fourth-order valence-electron chi connectivity index (χ4n) is 1.65. The van der Waals surface area contributed by atoms with E-state index in [0.29, 0.717) is 0 Å². The largest absolute Gasteiger partial charge is 0.394 e. The van der Waals surface area contributed by atoms with E-state index in [1.54, 1.807) is 24.3 Å². The molecule has 0 fully saturated rings. The fraction of sp³-hybridized carbons (Fsp3) is 0.667. The Hall–Kier alpha value is -0.650. The van der Waals surface area contributed by atoms with E-state index < -0.39 is 0 Å². The Bertz CT molecular complexity index is 310.